The number of H-pyrrole nitrogens is 1. The molecular weight excluding hydrogens is 220 g/mol. The minimum atomic E-state index is 0.698. The molecule has 0 atom stereocenters. The van der Waals surface area contributed by atoms with E-state index in [4.69, 9.17) is 11.6 Å². The van der Waals surface area contributed by atoms with Crippen LogP contribution in [0.25, 0.3) is 21.8 Å². The first-order valence-corrected chi connectivity index (χ1v) is 5.58. The average Bonchev–Trinajstić information content (AvgIpc) is 2.56. The van der Waals surface area contributed by atoms with E-state index < -0.39 is 0 Å². The number of hydrogen-bond acceptors (Lipinski definition) is 1. The summed E-state index contributed by atoms with van der Waals surface area (Å²) in [5, 5.41) is 2.96. The zero-order valence-electron chi connectivity index (χ0n) is 9.13. The molecule has 1 aromatic carbocycles. The third-order valence-electron chi connectivity index (χ3n) is 3.13. The van der Waals surface area contributed by atoms with Gasteiger partial charge in [-0.1, -0.05) is 23.7 Å². The first-order chi connectivity index (χ1) is 7.68. The number of nitrogens with zero attached hydrogens (tertiary/aromatic N) is 1. The van der Waals surface area contributed by atoms with Gasteiger partial charge in [-0.25, -0.2) is 0 Å². The van der Waals surface area contributed by atoms with Gasteiger partial charge in [-0.2, -0.15) is 0 Å². The summed E-state index contributed by atoms with van der Waals surface area (Å²) in [5.74, 6) is 0. The molecule has 0 saturated carbocycles. The predicted molar refractivity (Wildman–Crippen MR) is 68.1 cm³/mol. The van der Waals surface area contributed by atoms with Gasteiger partial charge in [0.25, 0.3) is 0 Å². The second-order valence-corrected chi connectivity index (χ2v) is 4.47. The lowest BCUT2D eigenvalue weighted by Gasteiger charge is -2.00. The number of halogens is 1. The molecular formula is C13H11ClN2. The summed E-state index contributed by atoms with van der Waals surface area (Å²) in [4.78, 5) is 7.83. The van der Waals surface area contributed by atoms with E-state index in [1.807, 2.05) is 24.4 Å². The second-order valence-electron chi connectivity index (χ2n) is 4.06. The van der Waals surface area contributed by atoms with Crippen LogP contribution in [0.2, 0.25) is 5.02 Å². The third-order valence-corrected chi connectivity index (χ3v) is 3.43. The highest BCUT2D eigenvalue weighted by Gasteiger charge is 2.09. The van der Waals surface area contributed by atoms with Gasteiger partial charge in [-0.05, 0) is 25.5 Å². The van der Waals surface area contributed by atoms with Gasteiger partial charge in [0, 0.05) is 22.7 Å². The Hall–Kier alpha value is -1.54. The smallest absolute Gasteiger partial charge is 0.0909 e. The molecule has 3 rings (SSSR count). The largest absolute Gasteiger partial charge is 0.358 e. The zero-order valence-corrected chi connectivity index (χ0v) is 9.89. The molecule has 0 aliphatic rings. The minimum absolute atomic E-state index is 0.698. The zero-order chi connectivity index (χ0) is 11.3. The van der Waals surface area contributed by atoms with Crippen LogP contribution >= 0.6 is 11.6 Å². The van der Waals surface area contributed by atoms with Crippen LogP contribution in [-0.4, -0.2) is 9.97 Å². The molecule has 2 heterocycles. The van der Waals surface area contributed by atoms with Gasteiger partial charge < -0.3 is 4.98 Å². The molecule has 0 amide bonds. The highest BCUT2D eigenvalue weighted by atomic mass is 35.5. The van der Waals surface area contributed by atoms with Crippen molar-refractivity contribution in [2.24, 2.45) is 0 Å². The maximum atomic E-state index is 6.13. The maximum Gasteiger partial charge on any atom is 0.0909 e. The van der Waals surface area contributed by atoms with Crippen LogP contribution in [0.3, 0.4) is 0 Å². The quantitative estimate of drug-likeness (QED) is 0.622. The molecule has 0 unspecified atom stereocenters. The molecule has 0 aliphatic heterocycles. The number of aromatic amines is 1. The molecule has 0 fully saturated rings. The lowest BCUT2D eigenvalue weighted by atomic mass is 10.1. The predicted octanol–water partition coefficient (Wildman–Crippen LogP) is 3.99. The fourth-order valence-electron chi connectivity index (χ4n) is 2.09. The Labute approximate surface area is 98.3 Å². The number of hydrogen-bond donors (Lipinski definition) is 1. The Kier molecular flexibility index (Phi) is 1.95. The number of rotatable bonds is 0. The van der Waals surface area contributed by atoms with E-state index >= 15 is 0 Å². The van der Waals surface area contributed by atoms with Crippen molar-refractivity contribution in [3.05, 3.63) is 40.7 Å². The minimum Gasteiger partial charge on any atom is -0.358 e. The van der Waals surface area contributed by atoms with E-state index in [2.05, 4.69) is 23.8 Å². The molecule has 3 heteroatoms. The number of aryl methyl sites for hydroxylation is 2. The number of para-hydroxylation sites is 1. The summed E-state index contributed by atoms with van der Waals surface area (Å²) >= 11 is 6.13. The normalized spacial score (nSPS) is 11.4. The number of fused-ring (bicyclic) bond motifs is 3. The van der Waals surface area contributed by atoms with Gasteiger partial charge in [0.2, 0.25) is 0 Å². The molecule has 2 aromatic heterocycles. The standard InChI is InChI=1S/C13H11ClN2/c1-7-8(2)16-12-9-4-3-5-11(14)13(9)15-6-10(7)12/h3-6,16H,1-2H3. The molecule has 0 aliphatic carbocycles. The van der Waals surface area contributed by atoms with Crippen LogP contribution < -0.4 is 0 Å². The monoisotopic (exact) mass is 230 g/mol. The summed E-state index contributed by atoms with van der Waals surface area (Å²) in [7, 11) is 0. The Morgan fingerprint density at radius 1 is 1.19 bits per heavy atom. The topological polar surface area (TPSA) is 28.7 Å². The number of nitrogens with one attached hydrogen (secondary N) is 1. The highest BCUT2D eigenvalue weighted by molar-refractivity contribution is 6.35. The summed E-state index contributed by atoms with van der Waals surface area (Å²) in [5.41, 5.74) is 4.43. The highest BCUT2D eigenvalue weighted by Crippen LogP contribution is 2.30. The van der Waals surface area contributed by atoms with Crippen molar-refractivity contribution >= 4 is 33.4 Å². The fourth-order valence-corrected chi connectivity index (χ4v) is 2.31. The van der Waals surface area contributed by atoms with Gasteiger partial charge in [0.15, 0.2) is 0 Å². The molecule has 1 N–H and O–H groups in total. The lowest BCUT2D eigenvalue weighted by Crippen LogP contribution is -1.81. The second kappa shape index (κ2) is 3.22. The van der Waals surface area contributed by atoms with Gasteiger partial charge in [0.05, 0.1) is 16.1 Å². The molecule has 80 valence electrons. The first-order valence-electron chi connectivity index (χ1n) is 5.20. The number of benzene rings is 1. The van der Waals surface area contributed by atoms with Crippen LogP contribution in [0.1, 0.15) is 11.3 Å². The molecule has 0 bridgehead atoms. The fraction of sp³-hybridized carbons (Fsp3) is 0.154. The summed E-state index contributed by atoms with van der Waals surface area (Å²) in [6, 6.07) is 5.87. The van der Waals surface area contributed by atoms with Crippen molar-refractivity contribution in [2.45, 2.75) is 13.8 Å². The van der Waals surface area contributed by atoms with Crippen molar-refractivity contribution in [2.75, 3.05) is 0 Å². The third kappa shape index (κ3) is 1.17. The molecule has 2 nitrogen and oxygen atoms in total. The number of pyridine rings is 1. The van der Waals surface area contributed by atoms with E-state index in [0.717, 1.165) is 16.4 Å². The van der Waals surface area contributed by atoms with Gasteiger partial charge >= 0.3 is 0 Å². The SMILES string of the molecule is Cc1[nH]c2c(cnc3c(Cl)cccc32)c1C. The van der Waals surface area contributed by atoms with Crippen molar-refractivity contribution in [1.82, 2.24) is 9.97 Å². The van der Waals surface area contributed by atoms with Crippen molar-refractivity contribution in [3.8, 4) is 0 Å². The van der Waals surface area contributed by atoms with Crippen molar-refractivity contribution < 1.29 is 0 Å². The van der Waals surface area contributed by atoms with Crippen molar-refractivity contribution in [3.63, 3.8) is 0 Å². The number of aromatic nitrogens is 2. The van der Waals surface area contributed by atoms with E-state index in [-0.39, 0.29) is 0 Å². The molecule has 0 radical (unpaired) electrons. The van der Waals surface area contributed by atoms with Crippen LogP contribution in [0, 0.1) is 13.8 Å². The molecule has 3 aromatic rings. The van der Waals surface area contributed by atoms with Crippen LogP contribution in [0.15, 0.2) is 24.4 Å². The Morgan fingerprint density at radius 3 is 2.81 bits per heavy atom. The Balaban J connectivity index is 2.60. The van der Waals surface area contributed by atoms with E-state index in [9.17, 15) is 0 Å². The average molecular weight is 231 g/mol. The summed E-state index contributed by atoms with van der Waals surface area (Å²) < 4.78 is 0. The van der Waals surface area contributed by atoms with Crippen LogP contribution in [0.5, 0.6) is 0 Å². The Morgan fingerprint density at radius 2 is 2.00 bits per heavy atom. The molecule has 0 saturated heterocycles. The summed E-state index contributed by atoms with van der Waals surface area (Å²) in [6.07, 6.45) is 1.89. The van der Waals surface area contributed by atoms with Gasteiger partial charge in [-0.3, -0.25) is 4.98 Å². The Bertz CT molecular complexity index is 698. The molecule has 0 spiro atoms. The lowest BCUT2D eigenvalue weighted by molar-refractivity contribution is 1.26. The van der Waals surface area contributed by atoms with E-state index in [0.29, 0.717) is 5.02 Å². The van der Waals surface area contributed by atoms with Crippen LogP contribution in [-0.2, 0) is 0 Å². The van der Waals surface area contributed by atoms with Gasteiger partial charge in [0.1, 0.15) is 0 Å². The van der Waals surface area contributed by atoms with E-state index in [1.165, 1.54) is 16.6 Å². The van der Waals surface area contributed by atoms with Crippen LogP contribution in [0.4, 0.5) is 0 Å². The van der Waals surface area contributed by atoms with Crippen molar-refractivity contribution in [1.29, 1.82) is 0 Å². The molecule has 16 heavy (non-hydrogen) atoms. The maximum absolute atomic E-state index is 6.13. The van der Waals surface area contributed by atoms with E-state index in [1.54, 1.807) is 0 Å². The summed E-state index contributed by atoms with van der Waals surface area (Å²) in [6.45, 7) is 4.18. The van der Waals surface area contributed by atoms with Gasteiger partial charge in [-0.15, -0.1) is 0 Å². The first kappa shape index (κ1) is 9.67.